The van der Waals surface area contributed by atoms with Gasteiger partial charge >= 0.3 is 14.2 Å². The van der Waals surface area contributed by atoms with Gasteiger partial charge < -0.3 is 4.74 Å². The number of carbonyl (C=O) groups is 1. The first-order valence-electron chi connectivity index (χ1n) is 4.54. The quantitative estimate of drug-likeness (QED) is 0.548. The van der Waals surface area contributed by atoms with Crippen LogP contribution in [0.3, 0.4) is 0 Å². The molecule has 0 saturated carbocycles. The molecule has 0 aliphatic rings. The standard InChI is InChI=1S/C8H15O5P/c1-4-8(5-2,13-14(10)11)7(9)12-6-3/h4-6H2,1-3H3/p+1. The van der Waals surface area contributed by atoms with Gasteiger partial charge in [0.05, 0.1) is 6.61 Å². The number of esters is 1. The normalized spacial score (nSPS) is 12.4. The van der Waals surface area contributed by atoms with Crippen LogP contribution in [0.5, 0.6) is 0 Å². The first-order chi connectivity index (χ1) is 6.52. The van der Waals surface area contributed by atoms with Crippen LogP contribution in [0.2, 0.25) is 0 Å². The van der Waals surface area contributed by atoms with Crippen LogP contribution in [-0.2, 0) is 18.6 Å². The Bertz CT molecular complexity index is 212. The summed E-state index contributed by atoms with van der Waals surface area (Å²) in [6, 6.07) is 0. The molecular formula is C8H16O5P+. The van der Waals surface area contributed by atoms with E-state index in [4.69, 9.17) is 14.2 Å². The molecule has 0 aliphatic heterocycles. The minimum Gasteiger partial charge on any atom is -0.464 e. The lowest BCUT2D eigenvalue weighted by molar-refractivity contribution is -0.162. The Morgan fingerprint density at radius 2 is 1.86 bits per heavy atom. The molecule has 0 heterocycles. The predicted molar refractivity (Wildman–Crippen MR) is 50.9 cm³/mol. The molecule has 1 N–H and O–H groups in total. The lowest BCUT2D eigenvalue weighted by Crippen LogP contribution is -2.40. The Hall–Kier alpha value is -0.510. The van der Waals surface area contributed by atoms with E-state index in [1.165, 1.54) is 0 Å². The highest BCUT2D eigenvalue weighted by Crippen LogP contribution is 2.32. The molecule has 0 spiro atoms. The zero-order valence-corrected chi connectivity index (χ0v) is 9.54. The third-order valence-corrected chi connectivity index (χ3v) is 2.55. The van der Waals surface area contributed by atoms with Crippen LogP contribution in [0.4, 0.5) is 0 Å². The monoisotopic (exact) mass is 223 g/mol. The molecule has 82 valence electrons. The van der Waals surface area contributed by atoms with Gasteiger partial charge in [0.2, 0.25) is 5.60 Å². The molecule has 5 nitrogen and oxygen atoms in total. The molecule has 6 heteroatoms. The Labute approximate surface area is 84.4 Å². The molecule has 0 radical (unpaired) electrons. The maximum atomic E-state index is 11.5. The van der Waals surface area contributed by atoms with Gasteiger partial charge in [0.25, 0.3) is 0 Å². The average molecular weight is 223 g/mol. The van der Waals surface area contributed by atoms with Crippen molar-refractivity contribution in [3.8, 4) is 0 Å². The minimum atomic E-state index is -2.79. The van der Waals surface area contributed by atoms with E-state index in [-0.39, 0.29) is 6.61 Å². The van der Waals surface area contributed by atoms with E-state index < -0.39 is 19.8 Å². The number of ether oxygens (including phenoxy) is 1. The first-order valence-corrected chi connectivity index (χ1v) is 5.67. The van der Waals surface area contributed by atoms with E-state index in [0.29, 0.717) is 12.8 Å². The molecule has 0 bridgehead atoms. The van der Waals surface area contributed by atoms with Crippen LogP contribution in [0.15, 0.2) is 0 Å². The highest BCUT2D eigenvalue weighted by atomic mass is 31.1. The van der Waals surface area contributed by atoms with Crippen molar-refractivity contribution in [1.29, 1.82) is 0 Å². The Morgan fingerprint density at radius 3 is 2.14 bits per heavy atom. The Kier molecular flexibility index (Phi) is 5.84. The van der Waals surface area contributed by atoms with E-state index in [9.17, 15) is 9.36 Å². The fraction of sp³-hybridized carbons (Fsp3) is 0.875. The van der Waals surface area contributed by atoms with Gasteiger partial charge in [-0.15, -0.1) is 9.42 Å². The highest BCUT2D eigenvalue weighted by Gasteiger charge is 2.46. The van der Waals surface area contributed by atoms with Crippen molar-refractivity contribution in [2.45, 2.75) is 39.2 Å². The van der Waals surface area contributed by atoms with Gasteiger partial charge in [-0.25, -0.2) is 4.79 Å². The van der Waals surface area contributed by atoms with E-state index in [2.05, 4.69) is 0 Å². The predicted octanol–water partition coefficient (Wildman–Crippen LogP) is 1.77. The highest BCUT2D eigenvalue weighted by molar-refractivity contribution is 7.32. The van der Waals surface area contributed by atoms with E-state index in [0.717, 1.165) is 0 Å². The smallest absolute Gasteiger partial charge is 0.464 e. The third kappa shape index (κ3) is 3.33. The molecule has 14 heavy (non-hydrogen) atoms. The number of hydrogen-bond acceptors (Lipinski definition) is 4. The number of carbonyl (C=O) groups excluding carboxylic acids is 1. The second-order valence-corrected chi connectivity index (χ2v) is 3.41. The summed E-state index contributed by atoms with van der Waals surface area (Å²) in [5, 5.41) is 0. The lowest BCUT2D eigenvalue weighted by atomic mass is 9.98. The maximum Gasteiger partial charge on any atom is 0.695 e. The molecule has 0 rings (SSSR count). The summed E-state index contributed by atoms with van der Waals surface area (Å²) in [5.41, 5.74) is -1.28. The van der Waals surface area contributed by atoms with Gasteiger partial charge in [0.1, 0.15) is 0 Å². The molecule has 0 aromatic rings. The molecule has 0 aromatic carbocycles. The Morgan fingerprint density at radius 1 is 1.36 bits per heavy atom. The summed E-state index contributed by atoms with van der Waals surface area (Å²) >= 11 is 0. The van der Waals surface area contributed by atoms with Crippen LogP contribution in [-0.4, -0.2) is 23.1 Å². The van der Waals surface area contributed by atoms with E-state index >= 15 is 0 Å². The lowest BCUT2D eigenvalue weighted by Gasteiger charge is -2.21. The molecule has 0 amide bonds. The van der Waals surface area contributed by atoms with Crippen LogP contribution in [0.1, 0.15) is 33.6 Å². The SMILES string of the molecule is CCOC(=O)C(CC)(CC)O[P+](=O)O. The van der Waals surface area contributed by atoms with Crippen molar-refractivity contribution >= 4 is 14.2 Å². The Balaban J connectivity index is 4.67. The molecule has 1 atom stereocenters. The number of rotatable bonds is 6. The van der Waals surface area contributed by atoms with Gasteiger partial charge in [-0.05, 0) is 19.8 Å². The summed E-state index contributed by atoms with van der Waals surface area (Å²) in [7, 11) is -2.79. The number of hydrogen-bond donors (Lipinski definition) is 1. The molecule has 0 fully saturated rings. The van der Waals surface area contributed by atoms with Crippen LogP contribution in [0.25, 0.3) is 0 Å². The largest absolute Gasteiger partial charge is 0.695 e. The molecular weight excluding hydrogens is 207 g/mol. The zero-order valence-electron chi connectivity index (χ0n) is 8.65. The maximum absolute atomic E-state index is 11.5. The van der Waals surface area contributed by atoms with Gasteiger partial charge in [0, 0.05) is 4.57 Å². The fourth-order valence-electron chi connectivity index (χ4n) is 1.12. The van der Waals surface area contributed by atoms with Crippen LogP contribution < -0.4 is 0 Å². The summed E-state index contributed by atoms with van der Waals surface area (Å²) in [5.74, 6) is -0.581. The third-order valence-electron chi connectivity index (χ3n) is 2.04. The molecule has 0 aliphatic carbocycles. The van der Waals surface area contributed by atoms with Gasteiger partial charge in [0.15, 0.2) is 0 Å². The minimum absolute atomic E-state index is 0.228. The van der Waals surface area contributed by atoms with Gasteiger partial charge in [-0.1, -0.05) is 13.8 Å². The van der Waals surface area contributed by atoms with E-state index in [1.807, 2.05) is 0 Å². The van der Waals surface area contributed by atoms with Crippen molar-refractivity contribution < 1.29 is 23.5 Å². The van der Waals surface area contributed by atoms with Crippen LogP contribution >= 0.6 is 8.25 Å². The summed E-state index contributed by atoms with van der Waals surface area (Å²) in [4.78, 5) is 20.1. The van der Waals surface area contributed by atoms with Crippen molar-refractivity contribution in [3.05, 3.63) is 0 Å². The summed E-state index contributed by atoms with van der Waals surface area (Å²) in [6.45, 7) is 5.32. The van der Waals surface area contributed by atoms with Gasteiger partial charge in [-0.2, -0.15) is 0 Å². The van der Waals surface area contributed by atoms with Crippen molar-refractivity contribution in [2.75, 3.05) is 6.61 Å². The molecule has 1 unspecified atom stereocenters. The zero-order chi connectivity index (χ0) is 11.2. The second kappa shape index (κ2) is 6.06. The summed E-state index contributed by atoms with van der Waals surface area (Å²) in [6.07, 6.45) is 0.619. The average Bonchev–Trinajstić information content (AvgIpc) is 2.14. The topological polar surface area (TPSA) is 72.8 Å². The molecule has 0 aromatic heterocycles. The van der Waals surface area contributed by atoms with Crippen molar-refractivity contribution in [3.63, 3.8) is 0 Å². The van der Waals surface area contributed by atoms with E-state index in [1.54, 1.807) is 20.8 Å². The first kappa shape index (κ1) is 13.5. The van der Waals surface area contributed by atoms with Gasteiger partial charge in [-0.3, -0.25) is 0 Å². The van der Waals surface area contributed by atoms with Crippen LogP contribution in [0, 0.1) is 0 Å². The summed E-state index contributed by atoms with van der Waals surface area (Å²) < 4.78 is 20.1. The van der Waals surface area contributed by atoms with Crippen molar-refractivity contribution in [1.82, 2.24) is 0 Å². The fourth-order valence-corrected chi connectivity index (χ4v) is 1.75. The second-order valence-electron chi connectivity index (χ2n) is 2.75. The molecule has 0 saturated heterocycles. The van der Waals surface area contributed by atoms with Crippen molar-refractivity contribution in [2.24, 2.45) is 0 Å².